The third-order valence-electron chi connectivity index (χ3n) is 2.90. The average molecular weight is 170 g/mol. The molecule has 1 heterocycles. The van der Waals surface area contributed by atoms with Gasteiger partial charge < -0.3 is 10.6 Å². The van der Waals surface area contributed by atoms with Crippen LogP contribution in [-0.4, -0.2) is 30.6 Å². The molecule has 2 atom stereocenters. The first kappa shape index (κ1) is 10.0. The Hall–Kier alpha value is -0.0800. The van der Waals surface area contributed by atoms with E-state index < -0.39 is 0 Å². The van der Waals surface area contributed by atoms with E-state index in [1.54, 1.807) is 0 Å². The maximum absolute atomic E-state index is 5.54. The van der Waals surface area contributed by atoms with Crippen molar-refractivity contribution >= 4 is 0 Å². The Morgan fingerprint density at radius 1 is 1.58 bits per heavy atom. The molecule has 0 saturated carbocycles. The first-order valence-electron chi connectivity index (χ1n) is 5.18. The molecule has 2 N–H and O–H groups in total. The quantitative estimate of drug-likeness (QED) is 0.694. The highest BCUT2D eigenvalue weighted by molar-refractivity contribution is 4.74. The summed E-state index contributed by atoms with van der Waals surface area (Å²) in [6, 6.07) is 0.692. The summed E-state index contributed by atoms with van der Waals surface area (Å²) in [4.78, 5) is 2.58. The molecule has 72 valence electrons. The van der Waals surface area contributed by atoms with Gasteiger partial charge in [0.25, 0.3) is 0 Å². The van der Waals surface area contributed by atoms with E-state index in [1.165, 1.54) is 25.9 Å². The molecule has 1 aliphatic heterocycles. The van der Waals surface area contributed by atoms with E-state index >= 15 is 0 Å². The lowest BCUT2D eigenvalue weighted by molar-refractivity contribution is 0.134. The number of likely N-dealkylation sites (tertiary alicyclic amines) is 1. The lowest BCUT2D eigenvalue weighted by Gasteiger charge is -2.35. The van der Waals surface area contributed by atoms with Crippen molar-refractivity contribution in [2.24, 2.45) is 11.7 Å². The summed E-state index contributed by atoms with van der Waals surface area (Å²) in [7, 11) is 0. The normalized spacial score (nSPS) is 28.8. The fourth-order valence-electron chi connectivity index (χ4n) is 2.05. The number of rotatable bonds is 3. The van der Waals surface area contributed by atoms with Crippen molar-refractivity contribution in [2.75, 3.05) is 19.6 Å². The van der Waals surface area contributed by atoms with Gasteiger partial charge in [0.2, 0.25) is 0 Å². The van der Waals surface area contributed by atoms with Crippen LogP contribution < -0.4 is 5.73 Å². The molecular weight excluding hydrogens is 148 g/mol. The molecule has 0 bridgehead atoms. The fourth-order valence-corrected chi connectivity index (χ4v) is 2.05. The zero-order valence-electron chi connectivity index (χ0n) is 8.42. The Labute approximate surface area is 76.1 Å². The van der Waals surface area contributed by atoms with Crippen molar-refractivity contribution < 1.29 is 0 Å². The van der Waals surface area contributed by atoms with E-state index in [9.17, 15) is 0 Å². The average Bonchev–Trinajstić information content (AvgIpc) is 2.05. The largest absolute Gasteiger partial charge is 0.330 e. The molecule has 1 saturated heterocycles. The third-order valence-corrected chi connectivity index (χ3v) is 2.90. The van der Waals surface area contributed by atoms with Crippen molar-refractivity contribution in [1.29, 1.82) is 0 Å². The molecule has 1 fully saturated rings. The zero-order valence-corrected chi connectivity index (χ0v) is 8.42. The van der Waals surface area contributed by atoms with Crippen LogP contribution in [0.1, 0.15) is 33.1 Å². The predicted octanol–water partition coefficient (Wildman–Crippen LogP) is 1.46. The van der Waals surface area contributed by atoms with Crippen molar-refractivity contribution in [3.63, 3.8) is 0 Å². The summed E-state index contributed by atoms with van der Waals surface area (Å²) in [5, 5.41) is 0. The smallest absolute Gasteiger partial charge is 0.00790 e. The minimum atomic E-state index is 0.692. The molecule has 12 heavy (non-hydrogen) atoms. The van der Waals surface area contributed by atoms with Crippen LogP contribution in [0.2, 0.25) is 0 Å². The van der Waals surface area contributed by atoms with E-state index in [4.69, 9.17) is 5.73 Å². The number of hydrogen-bond donors (Lipinski definition) is 1. The maximum Gasteiger partial charge on any atom is 0.00790 e. The van der Waals surface area contributed by atoms with Gasteiger partial charge in [-0.1, -0.05) is 6.92 Å². The standard InChI is InChI=1S/C10H22N2/c1-9-4-3-7-12(8-9)10(2)5-6-11/h9-10H,3-8,11H2,1-2H3. The molecule has 0 aromatic rings. The molecule has 2 unspecified atom stereocenters. The molecular formula is C10H22N2. The van der Waals surface area contributed by atoms with Crippen LogP contribution >= 0.6 is 0 Å². The minimum absolute atomic E-state index is 0.692. The van der Waals surface area contributed by atoms with Crippen LogP contribution in [0.3, 0.4) is 0 Å². The van der Waals surface area contributed by atoms with Crippen molar-refractivity contribution in [1.82, 2.24) is 4.90 Å². The van der Waals surface area contributed by atoms with Gasteiger partial charge in [0.05, 0.1) is 0 Å². The second-order valence-electron chi connectivity index (χ2n) is 4.17. The van der Waals surface area contributed by atoms with Crippen molar-refractivity contribution in [3.05, 3.63) is 0 Å². The van der Waals surface area contributed by atoms with Crippen LogP contribution in [0.5, 0.6) is 0 Å². The summed E-state index contributed by atoms with van der Waals surface area (Å²) in [6.45, 7) is 8.03. The Balaban J connectivity index is 2.29. The molecule has 2 heteroatoms. The molecule has 0 aliphatic carbocycles. The van der Waals surface area contributed by atoms with Gasteiger partial charge in [0.1, 0.15) is 0 Å². The zero-order chi connectivity index (χ0) is 8.97. The van der Waals surface area contributed by atoms with Gasteiger partial charge in [-0.15, -0.1) is 0 Å². The Morgan fingerprint density at radius 3 is 2.92 bits per heavy atom. The second kappa shape index (κ2) is 4.83. The number of nitrogens with two attached hydrogens (primary N) is 1. The molecule has 1 aliphatic rings. The van der Waals surface area contributed by atoms with Crippen LogP contribution in [0.15, 0.2) is 0 Å². The van der Waals surface area contributed by atoms with E-state index in [1.807, 2.05) is 0 Å². The summed E-state index contributed by atoms with van der Waals surface area (Å²) >= 11 is 0. The first-order valence-corrected chi connectivity index (χ1v) is 5.18. The highest BCUT2D eigenvalue weighted by Crippen LogP contribution is 2.18. The van der Waals surface area contributed by atoms with Gasteiger partial charge >= 0.3 is 0 Å². The van der Waals surface area contributed by atoms with Crippen LogP contribution in [-0.2, 0) is 0 Å². The van der Waals surface area contributed by atoms with Crippen LogP contribution in [0, 0.1) is 5.92 Å². The van der Waals surface area contributed by atoms with E-state index in [2.05, 4.69) is 18.7 Å². The number of piperidine rings is 1. The van der Waals surface area contributed by atoms with E-state index in [0.717, 1.165) is 18.9 Å². The van der Waals surface area contributed by atoms with Gasteiger partial charge in [-0.3, -0.25) is 0 Å². The van der Waals surface area contributed by atoms with Gasteiger partial charge in [-0.25, -0.2) is 0 Å². The summed E-state index contributed by atoms with van der Waals surface area (Å²) in [5.41, 5.74) is 5.54. The molecule has 0 aromatic heterocycles. The molecule has 2 nitrogen and oxygen atoms in total. The summed E-state index contributed by atoms with van der Waals surface area (Å²) in [5.74, 6) is 0.888. The second-order valence-corrected chi connectivity index (χ2v) is 4.17. The Morgan fingerprint density at radius 2 is 2.33 bits per heavy atom. The van der Waals surface area contributed by atoms with Gasteiger partial charge in [-0.2, -0.15) is 0 Å². The van der Waals surface area contributed by atoms with Gasteiger partial charge in [0.15, 0.2) is 0 Å². The summed E-state index contributed by atoms with van der Waals surface area (Å²) in [6.07, 6.45) is 3.93. The third kappa shape index (κ3) is 2.76. The van der Waals surface area contributed by atoms with Gasteiger partial charge in [-0.05, 0) is 45.2 Å². The van der Waals surface area contributed by atoms with E-state index in [-0.39, 0.29) is 0 Å². The molecule has 1 rings (SSSR count). The van der Waals surface area contributed by atoms with E-state index in [0.29, 0.717) is 6.04 Å². The fraction of sp³-hybridized carbons (Fsp3) is 1.00. The van der Waals surface area contributed by atoms with Crippen molar-refractivity contribution in [2.45, 2.75) is 39.2 Å². The highest BCUT2D eigenvalue weighted by Gasteiger charge is 2.19. The lowest BCUT2D eigenvalue weighted by atomic mass is 9.98. The SMILES string of the molecule is CC1CCCN(C(C)CCN)C1. The molecule has 0 spiro atoms. The highest BCUT2D eigenvalue weighted by atomic mass is 15.2. The topological polar surface area (TPSA) is 29.3 Å². The van der Waals surface area contributed by atoms with Gasteiger partial charge in [0, 0.05) is 12.6 Å². The monoisotopic (exact) mass is 170 g/mol. The molecule has 0 amide bonds. The maximum atomic E-state index is 5.54. The summed E-state index contributed by atoms with van der Waals surface area (Å²) < 4.78 is 0. The van der Waals surface area contributed by atoms with Crippen LogP contribution in [0.4, 0.5) is 0 Å². The minimum Gasteiger partial charge on any atom is -0.330 e. The number of hydrogen-bond acceptors (Lipinski definition) is 2. The van der Waals surface area contributed by atoms with Crippen molar-refractivity contribution in [3.8, 4) is 0 Å². The molecule has 0 radical (unpaired) electrons. The first-order chi connectivity index (χ1) is 5.74. The Bertz CT molecular complexity index is 125. The lowest BCUT2D eigenvalue weighted by Crippen LogP contribution is -2.41. The van der Waals surface area contributed by atoms with Crippen LogP contribution in [0.25, 0.3) is 0 Å². The molecule has 0 aromatic carbocycles. The predicted molar refractivity (Wildman–Crippen MR) is 53.1 cm³/mol. The number of nitrogens with zero attached hydrogens (tertiary/aromatic N) is 1. The Kier molecular flexibility index (Phi) is 4.02.